The molecular weight excluding hydrogens is 344 g/mol. The number of carbonyl (C=O) groups excluding carboxylic acids is 1. The van der Waals surface area contributed by atoms with E-state index in [0.717, 1.165) is 29.3 Å². The number of halogens is 2. The third-order valence-electron chi connectivity index (χ3n) is 2.83. The lowest BCUT2D eigenvalue weighted by atomic mass is 9.97. The normalized spacial score (nSPS) is 10.7. The van der Waals surface area contributed by atoms with Gasteiger partial charge in [0.2, 0.25) is 5.91 Å². The molecule has 0 saturated heterocycles. The highest BCUT2D eigenvalue weighted by molar-refractivity contribution is 14.1. The van der Waals surface area contributed by atoms with Gasteiger partial charge in [-0.2, -0.15) is 0 Å². The lowest BCUT2D eigenvalue weighted by Crippen LogP contribution is -2.23. The summed E-state index contributed by atoms with van der Waals surface area (Å²) in [6, 6.07) is 4.40. The average Bonchev–Trinajstić information content (AvgIpc) is 2.32. The van der Waals surface area contributed by atoms with Crippen LogP contribution in [0.2, 0.25) is 0 Å². The van der Waals surface area contributed by atoms with Crippen LogP contribution in [0.15, 0.2) is 18.2 Å². The predicted molar refractivity (Wildman–Crippen MR) is 81.1 cm³/mol. The first kappa shape index (κ1) is 15.4. The summed E-state index contributed by atoms with van der Waals surface area (Å²) in [4.78, 5) is 12.1. The van der Waals surface area contributed by atoms with Gasteiger partial charge in [-0.3, -0.25) is 4.79 Å². The Labute approximate surface area is 121 Å². The van der Waals surface area contributed by atoms with E-state index in [1.54, 1.807) is 6.07 Å². The van der Waals surface area contributed by atoms with Gasteiger partial charge in [0, 0.05) is 9.49 Å². The molecule has 1 rings (SSSR count). The summed E-state index contributed by atoms with van der Waals surface area (Å²) in [5.41, 5.74) is 0.694. The number of hydrogen-bond donors (Lipinski definition) is 1. The Kier molecular flexibility index (Phi) is 6.60. The molecule has 0 fully saturated rings. The number of anilines is 1. The van der Waals surface area contributed by atoms with E-state index in [4.69, 9.17) is 0 Å². The Morgan fingerprint density at radius 2 is 1.94 bits per heavy atom. The van der Waals surface area contributed by atoms with Crippen LogP contribution in [0.3, 0.4) is 0 Å². The summed E-state index contributed by atoms with van der Waals surface area (Å²) < 4.78 is 13.7. The maximum Gasteiger partial charge on any atom is 0.227 e. The van der Waals surface area contributed by atoms with Crippen molar-refractivity contribution in [3.8, 4) is 0 Å². The van der Waals surface area contributed by atoms with Crippen LogP contribution in [0.4, 0.5) is 10.1 Å². The monoisotopic (exact) mass is 363 g/mol. The molecule has 0 aliphatic carbocycles. The Morgan fingerprint density at radius 1 is 1.33 bits per heavy atom. The molecule has 1 N–H and O–H groups in total. The zero-order valence-corrected chi connectivity index (χ0v) is 13.0. The highest BCUT2D eigenvalue weighted by atomic mass is 127. The Morgan fingerprint density at radius 3 is 2.44 bits per heavy atom. The number of carbonyl (C=O) groups is 1. The van der Waals surface area contributed by atoms with Crippen molar-refractivity contribution in [1.82, 2.24) is 0 Å². The highest BCUT2D eigenvalue weighted by Crippen LogP contribution is 2.22. The molecule has 0 unspecified atom stereocenters. The quantitative estimate of drug-likeness (QED) is 0.737. The molecule has 1 amide bonds. The van der Waals surface area contributed by atoms with E-state index in [1.807, 2.05) is 22.6 Å². The van der Waals surface area contributed by atoms with Gasteiger partial charge in [0.1, 0.15) is 5.82 Å². The second-order valence-corrected chi connectivity index (χ2v) is 5.55. The van der Waals surface area contributed by atoms with Gasteiger partial charge >= 0.3 is 0 Å². The fourth-order valence-electron chi connectivity index (χ4n) is 1.93. The van der Waals surface area contributed by atoms with Crippen molar-refractivity contribution < 1.29 is 9.18 Å². The summed E-state index contributed by atoms with van der Waals surface area (Å²) in [7, 11) is 0. The number of hydrogen-bond acceptors (Lipinski definition) is 1. The van der Waals surface area contributed by atoms with Gasteiger partial charge in [-0.25, -0.2) is 4.39 Å². The largest absolute Gasteiger partial charge is 0.325 e. The van der Waals surface area contributed by atoms with Gasteiger partial charge in [-0.05, 0) is 53.6 Å². The van der Waals surface area contributed by atoms with Gasteiger partial charge in [-0.15, -0.1) is 0 Å². The lowest BCUT2D eigenvalue weighted by Gasteiger charge is -2.16. The minimum Gasteiger partial charge on any atom is -0.325 e. The molecule has 0 aliphatic rings. The van der Waals surface area contributed by atoms with Crippen LogP contribution in [0.1, 0.15) is 39.5 Å². The van der Waals surface area contributed by atoms with E-state index < -0.39 is 0 Å². The molecule has 0 radical (unpaired) electrons. The van der Waals surface area contributed by atoms with Gasteiger partial charge < -0.3 is 5.32 Å². The maximum absolute atomic E-state index is 13.0. The van der Waals surface area contributed by atoms with Crippen molar-refractivity contribution in [3.05, 3.63) is 27.6 Å². The molecule has 18 heavy (non-hydrogen) atoms. The Balaban J connectivity index is 2.72. The fraction of sp³-hybridized carbons (Fsp3) is 0.500. The van der Waals surface area contributed by atoms with Crippen LogP contribution in [0, 0.1) is 15.3 Å². The number of rotatable bonds is 6. The first-order valence-corrected chi connectivity index (χ1v) is 7.42. The third-order valence-corrected chi connectivity index (χ3v) is 3.73. The third kappa shape index (κ3) is 4.55. The minimum absolute atomic E-state index is 0.0447. The molecule has 0 aliphatic heterocycles. The van der Waals surface area contributed by atoms with Crippen molar-refractivity contribution >= 4 is 34.2 Å². The van der Waals surface area contributed by atoms with Crippen LogP contribution < -0.4 is 5.32 Å². The molecule has 0 atom stereocenters. The van der Waals surface area contributed by atoms with Gasteiger partial charge in [-0.1, -0.05) is 26.7 Å². The summed E-state index contributed by atoms with van der Waals surface area (Å²) in [6.45, 7) is 4.16. The van der Waals surface area contributed by atoms with Gasteiger partial charge in [0.15, 0.2) is 0 Å². The first-order chi connectivity index (χ1) is 8.58. The van der Waals surface area contributed by atoms with E-state index >= 15 is 0 Å². The van der Waals surface area contributed by atoms with E-state index in [0.29, 0.717) is 5.69 Å². The standard InChI is InChI=1S/C14H19FINO/c1-3-5-10(6-4-2)14(18)17-13-8-7-11(15)9-12(13)16/h7-10H,3-6H2,1-2H3,(H,17,18). The molecule has 1 aromatic carbocycles. The van der Waals surface area contributed by atoms with Gasteiger partial charge in [0.25, 0.3) is 0 Å². The molecule has 0 saturated carbocycles. The average molecular weight is 363 g/mol. The Bertz CT molecular complexity index is 403. The molecule has 0 heterocycles. The molecule has 0 bridgehead atoms. The van der Waals surface area contributed by atoms with Crippen LogP contribution in [0.25, 0.3) is 0 Å². The number of nitrogens with one attached hydrogen (secondary N) is 1. The van der Waals surface area contributed by atoms with E-state index in [2.05, 4.69) is 19.2 Å². The molecule has 4 heteroatoms. The summed E-state index contributed by atoms with van der Waals surface area (Å²) >= 11 is 2.03. The number of amides is 1. The second-order valence-electron chi connectivity index (χ2n) is 4.39. The summed E-state index contributed by atoms with van der Waals surface area (Å²) in [5, 5.41) is 2.89. The smallest absolute Gasteiger partial charge is 0.227 e. The SMILES string of the molecule is CCCC(CCC)C(=O)Nc1ccc(F)cc1I. The van der Waals surface area contributed by atoms with Crippen LogP contribution in [0.5, 0.6) is 0 Å². The van der Waals surface area contributed by atoms with E-state index in [9.17, 15) is 9.18 Å². The van der Waals surface area contributed by atoms with Crippen LogP contribution in [-0.2, 0) is 4.79 Å². The minimum atomic E-state index is -0.281. The second kappa shape index (κ2) is 7.71. The lowest BCUT2D eigenvalue weighted by molar-refractivity contribution is -0.120. The molecule has 0 spiro atoms. The molecule has 100 valence electrons. The Hall–Kier alpha value is -0.650. The molecule has 2 nitrogen and oxygen atoms in total. The highest BCUT2D eigenvalue weighted by Gasteiger charge is 2.17. The van der Waals surface area contributed by atoms with Crippen molar-refractivity contribution in [2.45, 2.75) is 39.5 Å². The number of benzene rings is 1. The van der Waals surface area contributed by atoms with E-state index in [-0.39, 0.29) is 17.6 Å². The van der Waals surface area contributed by atoms with Crippen LogP contribution in [-0.4, -0.2) is 5.91 Å². The summed E-state index contributed by atoms with van der Waals surface area (Å²) in [5.74, 6) is -0.180. The fourth-order valence-corrected chi connectivity index (χ4v) is 2.54. The first-order valence-electron chi connectivity index (χ1n) is 6.34. The summed E-state index contributed by atoms with van der Waals surface area (Å²) in [6.07, 6.45) is 3.80. The molecule has 0 aromatic heterocycles. The van der Waals surface area contributed by atoms with Crippen molar-refractivity contribution in [1.29, 1.82) is 0 Å². The zero-order valence-electron chi connectivity index (χ0n) is 10.8. The molecule has 1 aromatic rings. The topological polar surface area (TPSA) is 29.1 Å². The maximum atomic E-state index is 13.0. The van der Waals surface area contributed by atoms with E-state index in [1.165, 1.54) is 12.1 Å². The molecular formula is C14H19FINO. The predicted octanol–water partition coefficient (Wildman–Crippen LogP) is 4.59. The van der Waals surface area contributed by atoms with Crippen molar-refractivity contribution in [2.75, 3.05) is 5.32 Å². The van der Waals surface area contributed by atoms with Crippen LogP contribution >= 0.6 is 22.6 Å². The van der Waals surface area contributed by atoms with Crippen molar-refractivity contribution in [3.63, 3.8) is 0 Å². The zero-order chi connectivity index (χ0) is 13.5. The van der Waals surface area contributed by atoms with Crippen molar-refractivity contribution in [2.24, 2.45) is 5.92 Å². The van der Waals surface area contributed by atoms with Gasteiger partial charge in [0.05, 0.1) is 5.69 Å².